The minimum Gasteiger partial charge on any atom is -0.187 e. The van der Waals surface area contributed by atoms with Crippen molar-refractivity contribution in [3.63, 3.8) is 0 Å². The van der Waals surface area contributed by atoms with Gasteiger partial charge in [-0.15, -0.1) is 0 Å². The van der Waals surface area contributed by atoms with E-state index in [9.17, 15) is 0 Å². The van der Waals surface area contributed by atoms with E-state index in [0.717, 1.165) is 0 Å². The van der Waals surface area contributed by atoms with Gasteiger partial charge in [-0.1, -0.05) is 12.1 Å². The molecule has 0 atom stereocenters. The number of aryl methyl sites for hydroxylation is 1. The van der Waals surface area contributed by atoms with Gasteiger partial charge in [-0.3, -0.25) is 0 Å². The van der Waals surface area contributed by atoms with Crippen molar-refractivity contribution in [1.29, 1.82) is 0 Å². The van der Waals surface area contributed by atoms with E-state index >= 15 is 0 Å². The van der Waals surface area contributed by atoms with Crippen molar-refractivity contribution in [3.05, 3.63) is 24.3 Å². The zero-order valence-electron chi connectivity index (χ0n) is 5.65. The predicted octanol–water partition coefficient (Wildman–Crippen LogP) is 0.968. The van der Waals surface area contributed by atoms with E-state index in [2.05, 4.69) is 38.3 Å². The second-order valence-corrected chi connectivity index (χ2v) is 2.56. The van der Waals surface area contributed by atoms with E-state index in [0.29, 0.717) is 0 Å². The summed E-state index contributed by atoms with van der Waals surface area (Å²) in [5.41, 5.74) is 2.62. The molecule has 1 aromatic carbocycles. The molecule has 0 aliphatic rings. The molecule has 0 amide bonds. The molecule has 0 aliphatic carbocycles. The van der Waals surface area contributed by atoms with Crippen molar-refractivity contribution in [1.82, 2.24) is 14.1 Å². The van der Waals surface area contributed by atoms with Crippen LogP contribution in [0.4, 0.5) is 0 Å². The van der Waals surface area contributed by atoms with Crippen LogP contribution in [0.2, 0.25) is 0 Å². The van der Waals surface area contributed by atoms with Crippen molar-refractivity contribution in [2.75, 3.05) is 0 Å². The molecular weight excluding hydrogens is 126 g/mol. The van der Waals surface area contributed by atoms with Gasteiger partial charge < -0.3 is 0 Å². The molecule has 0 aliphatic heterocycles. The Morgan fingerprint density at radius 3 is 2.00 bits per heavy atom. The molecule has 0 unspecified atom stereocenters. The Morgan fingerprint density at radius 1 is 1.00 bits per heavy atom. The fraction of sp³-hybridized carbons (Fsp3) is 0.143. The number of fused-ring (bicyclic) bond motifs is 4. The first-order chi connectivity index (χ1) is 4.89. The lowest BCUT2D eigenvalue weighted by molar-refractivity contribution is 0.877. The second-order valence-electron chi connectivity index (χ2n) is 2.56. The monoisotopic (exact) mass is 133 g/mol. The highest BCUT2D eigenvalue weighted by Gasteiger charge is 2.17. The van der Waals surface area contributed by atoms with Crippen molar-refractivity contribution in [2.45, 2.75) is 0 Å². The Kier molecular flexibility index (Phi) is 0.477. The first kappa shape index (κ1) is 4.44. The van der Waals surface area contributed by atoms with Gasteiger partial charge in [-0.25, -0.2) is 0 Å². The van der Waals surface area contributed by atoms with Crippen LogP contribution in [0.15, 0.2) is 24.3 Å². The lowest BCUT2D eigenvalue weighted by Crippen LogP contribution is -1.87. The van der Waals surface area contributed by atoms with Gasteiger partial charge in [0.15, 0.2) is 0 Å². The number of nitrogens with zero attached hydrogens (tertiary/aromatic N) is 3. The van der Waals surface area contributed by atoms with E-state index in [1.807, 2.05) is 7.05 Å². The molecule has 0 spiro atoms. The van der Waals surface area contributed by atoms with Crippen LogP contribution in [0.1, 0.15) is 0 Å². The number of hydrogen-bond acceptors (Lipinski definition) is 0. The second kappa shape index (κ2) is 1.08. The van der Waals surface area contributed by atoms with Crippen molar-refractivity contribution >= 4 is 11.0 Å². The van der Waals surface area contributed by atoms with Gasteiger partial charge in [-0.05, 0) is 12.1 Å². The van der Waals surface area contributed by atoms with Crippen LogP contribution in [0.25, 0.3) is 11.0 Å². The summed E-state index contributed by atoms with van der Waals surface area (Å²) in [7, 11) is 2.04. The third-order valence-electron chi connectivity index (χ3n) is 2.01. The normalized spacial score (nSPS) is 12.5. The quantitative estimate of drug-likeness (QED) is 0.433. The van der Waals surface area contributed by atoms with Crippen LogP contribution in [-0.4, -0.2) is 14.1 Å². The molecule has 0 saturated carbocycles. The standard InChI is InChI=1S/C7H7N3/c1-8-9-6-4-2-3-5-7(6)10(8)9/h2-5H,1H3. The van der Waals surface area contributed by atoms with Crippen molar-refractivity contribution in [2.24, 2.45) is 7.05 Å². The highest BCUT2D eigenvalue weighted by molar-refractivity contribution is 5.78. The lowest BCUT2D eigenvalue weighted by Gasteiger charge is -1.93. The van der Waals surface area contributed by atoms with Crippen LogP contribution in [0, 0.1) is 0 Å². The lowest BCUT2D eigenvalue weighted by atomic mass is 10.3. The third kappa shape index (κ3) is 0.274. The summed E-state index contributed by atoms with van der Waals surface area (Å²) in [4.78, 5) is 2.07. The first-order valence-corrected chi connectivity index (χ1v) is 3.32. The molecule has 2 heterocycles. The van der Waals surface area contributed by atoms with Crippen molar-refractivity contribution < 1.29 is 0 Å². The topological polar surface area (TPSA) is 13.8 Å². The Bertz CT molecular complexity index is 426. The maximum atomic E-state index is 2.12. The zero-order valence-corrected chi connectivity index (χ0v) is 5.65. The highest BCUT2D eigenvalue weighted by Crippen LogP contribution is 2.20. The van der Waals surface area contributed by atoms with E-state index < -0.39 is 0 Å². The maximum absolute atomic E-state index is 2.12. The van der Waals surface area contributed by atoms with Crippen LogP contribution < -0.4 is 0 Å². The number of hydrogen-bond donors (Lipinski definition) is 0. The molecule has 3 aromatic rings. The molecule has 3 nitrogen and oxygen atoms in total. The molecule has 10 heavy (non-hydrogen) atoms. The van der Waals surface area contributed by atoms with Crippen LogP contribution in [0.5, 0.6) is 0 Å². The summed E-state index contributed by atoms with van der Waals surface area (Å²) >= 11 is 0. The number of rotatable bonds is 0. The molecule has 0 N–H and O–H groups in total. The molecule has 3 heteroatoms. The van der Waals surface area contributed by atoms with Gasteiger partial charge in [0.05, 0.1) is 0 Å². The van der Waals surface area contributed by atoms with Crippen molar-refractivity contribution in [3.8, 4) is 0 Å². The van der Waals surface area contributed by atoms with Crippen LogP contribution >= 0.6 is 0 Å². The van der Waals surface area contributed by atoms with E-state index in [4.69, 9.17) is 0 Å². The molecule has 0 radical (unpaired) electrons. The molecular formula is C7H7N3. The average molecular weight is 133 g/mol. The molecule has 3 rings (SSSR count). The summed E-state index contributed by atoms with van der Waals surface area (Å²) in [5, 5.41) is 0. The zero-order chi connectivity index (χ0) is 6.72. The molecule has 50 valence electrons. The summed E-state index contributed by atoms with van der Waals surface area (Å²) in [6.07, 6.45) is 0. The number of para-hydroxylation sites is 2. The van der Waals surface area contributed by atoms with Gasteiger partial charge in [0.25, 0.3) is 0 Å². The third-order valence-corrected chi connectivity index (χ3v) is 2.01. The largest absolute Gasteiger partial charge is 0.187 e. The Balaban J connectivity index is 2.61. The van der Waals surface area contributed by atoms with E-state index in [1.54, 1.807) is 0 Å². The molecule has 0 bridgehead atoms. The molecule has 2 aromatic heterocycles. The Labute approximate surface area is 57.3 Å². The van der Waals surface area contributed by atoms with Gasteiger partial charge >= 0.3 is 0 Å². The van der Waals surface area contributed by atoms with Gasteiger partial charge in [0.2, 0.25) is 0 Å². The summed E-state index contributed by atoms with van der Waals surface area (Å²) in [5.74, 6) is 0. The van der Waals surface area contributed by atoms with E-state index in [-0.39, 0.29) is 0 Å². The van der Waals surface area contributed by atoms with Gasteiger partial charge in [-0.2, -0.15) is 14.1 Å². The fourth-order valence-corrected chi connectivity index (χ4v) is 1.47. The molecule has 0 saturated heterocycles. The van der Waals surface area contributed by atoms with Gasteiger partial charge in [0.1, 0.15) is 11.0 Å². The van der Waals surface area contributed by atoms with Crippen LogP contribution in [0.3, 0.4) is 0 Å². The number of aromatic nitrogens is 3. The number of benzene rings is 1. The van der Waals surface area contributed by atoms with Crippen LogP contribution in [-0.2, 0) is 7.05 Å². The summed E-state index contributed by atoms with van der Waals surface area (Å²) in [6, 6.07) is 8.36. The summed E-state index contributed by atoms with van der Waals surface area (Å²) < 4.78 is 4.24. The summed E-state index contributed by atoms with van der Waals surface area (Å²) in [6.45, 7) is 0. The Hall–Kier alpha value is -1.38. The SMILES string of the molecule is Cn1n2c3ccccc3n12. The average Bonchev–Trinajstić information content (AvgIpc) is 2.49. The minimum absolute atomic E-state index is 1.31. The first-order valence-electron chi connectivity index (χ1n) is 3.32. The highest BCUT2D eigenvalue weighted by atomic mass is 15.9. The smallest absolute Gasteiger partial charge is 0.113 e. The van der Waals surface area contributed by atoms with Gasteiger partial charge in [0, 0.05) is 7.05 Å². The minimum atomic E-state index is 1.31. The predicted molar refractivity (Wildman–Crippen MR) is 38.5 cm³/mol. The van der Waals surface area contributed by atoms with E-state index in [1.165, 1.54) is 11.0 Å². The Morgan fingerprint density at radius 2 is 1.50 bits per heavy atom. The molecule has 0 fully saturated rings. The maximum Gasteiger partial charge on any atom is 0.113 e. The fourth-order valence-electron chi connectivity index (χ4n) is 1.47.